The van der Waals surface area contributed by atoms with Crippen LogP contribution in [0.4, 0.5) is 5.82 Å². The van der Waals surface area contributed by atoms with Gasteiger partial charge in [-0.25, -0.2) is 4.98 Å². The number of pyridine rings is 1. The zero-order valence-corrected chi connectivity index (χ0v) is 12.5. The molecule has 0 aliphatic carbocycles. The zero-order chi connectivity index (χ0) is 15.6. The number of nitrogens with zero attached hydrogens (tertiary/aromatic N) is 2. The van der Waals surface area contributed by atoms with E-state index in [2.05, 4.69) is 4.98 Å². The second-order valence-corrected chi connectivity index (χ2v) is 5.15. The third kappa shape index (κ3) is 3.08. The predicted octanol–water partition coefficient (Wildman–Crippen LogP) is 2.86. The van der Waals surface area contributed by atoms with Crippen LogP contribution in [0.25, 0.3) is 0 Å². The van der Waals surface area contributed by atoms with Crippen molar-refractivity contribution < 1.29 is 9.90 Å². The van der Waals surface area contributed by atoms with Gasteiger partial charge < -0.3 is 15.7 Å². The van der Waals surface area contributed by atoms with Crippen LogP contribution < -0.4 is 5.73 Å². The summed E-state index contributed by atoms with van der Waals surface area (Å²) in [5.41, 5.74) is 6.55. The largest absolute Gasteiger partial charge is 0.508 e. The van der Waals surface area contributed by atoms with E-state index in [4.69, 9.17) is 17.3 Å². The summed E-state index contributed by atoms with van der Waals surface area (Å²) in [6.45, 7) is 1.83. The number of carbonyl (C=O) groups is 1. The summed E-state index contributed by atoms with van der Waals surface area (Å²) < 4.78 is 0. The summed E-state index contributed by atoms with van der Waals surface area (Å²) in [5, 5.41) is 10.1. The quantitative estimate of drug-likeness (QED) is 0.914. The van der Waals surface area contributed by atoms with Crippen LogP contribution in [0.2, 0.25) is 5.02 Å². The number of aromatic nitrogens is 1. The molecule has 0 bridgehead atoms. The van der Waals surface area contributed by atoms with E-state index in [9.17, 15) is 9.90 Å². The first kappa shape index (κ1) is 15.1. The molecule has 0 radical (unpaired) electrons. The number of amides is 1. The Morgan fingerprint density at radius 3 is 2.71 bits per heavy atom. The van der Waals surface area contributed by atoms with Crippen LogP contribution in [0, 0.1) is 0 Å². The molecular weight excluding hydrogens is 290 g/mol. The van der Waals surface area contributed by atoms with Gasteiger partial charge in [0.25, 0.3) is 5.91 Å². The first-order chi connectivity index (χ1) is 9.91. The van der Waals surface area contributed by atoms with Crippen molar-refractivity contribution in [2.45, 2.75) is 13.0 Å². The molecule has 0 aliphatic heterocycles. The average molecular weight is 306 g/mol. The number of para-hydroxylation sites is 1. The molecule has 0 spiro atoms. The first-order valence-corrected chi connectivity index (χ1v) is 6.75. The highest BCUT2D eigenvalue weighted by Gasteiger charge is 2.21. The maximum absolute atomic E-state index is 12.4. The summed E-state index contributed by atoms with van der Waals surface area (Å²) >= 11 is 5.89. The molecule has 3 N–H and O–H groups in total. The number of nitrogens with two attached hydrogens (primary N) is 1. The van der Waals surface area contributed by atoms with Gasteiger partial charge in [0.2, 0.25) is 0 Å². The maximum atomic E-state index is 12.4. The fourth-order valence-corrected chi connectivity index (χ4v) is 2.16. The van der Waals surface area contributed by atoms with E-state index >= 15 is 0 Å². The molecule has 0 aliphatic rings. The lowest BCUT2D eigenvalue weighted by Crippen LogP contribution is -2.29. The summed E-state index contributed by atoms with van der Waals surface area (Å²) in [6, 6.07) is 8.10. The molecule has 0 saturated carbocycles. The van der Waals surface area contributed by atoms with Gasteiger partial charge >= 0.3 is 0 Å². The summed E-state index contributed by atoms with van der Waals surface area (Å²) in [7, 11) is 1.66. The first-order valence-electron chi connectivity index (χ1n) is 6.38. The van der Waals surface area contributed by atoms with Gasteiger partial charge in [-0.2, -0.15) is 0 Å². The number of hydrogen-bond acceptors (Lipinski definition) is 4. The van der Waals surface area contributed by atoms with Crippen molar-refractivity contribution in [2.75, 3.05) is 12.8 Å². The minimum Gasteiger partial charge on any atom is -0.508 e. The molecule has 2 rings (SSSR count). The molecule has 1 aromatic heterocycles. The molecule has 1 atom stereocenters. The number of nitrogen functional groups attached to an aromatic ring is 1. The monoisotopic (exact) mass is 305 g/mol. The molecule has 1 aromatic carbocycles. The Morgan fingerprint density at radius 1 is 1.43 bits per heavy atom. The van der Waals surface area contributed by atoms with Crippen LogP contribution in [0.15, 0.2) is 36.5 Å². The number of anilines is 1. The molecule has 21 heavy (non-hydrogen) atoms. The van der Waals surface area contributed by atoms with Gasteiger partial charge in [-0.15, -0.1) is 0 Å². The lowest BCUT2D eigenvalue weighted by Gasteiger charge is -2.26. The van der Waals surface area contributed by atoms with Crippen molar-refractivity contribution in [3.63, 3.8) is 0 Å². The highest BCUT2D eigenvalue weighted by atomic mass is 35.5. The number of phenolic OH excluding ortho intramolecular Hbond substituents is 1. The number of halogens is 1. The van der Waals surface area contributed by atoms with Gasteiger partial charge in [0, 0.05) is 18.8 Å². The van der Waals surface area contributed by atoms with Crippen LogP contribution in [0.5, 0.6) is 5.75 Å². The van der Waals surface area contributed by atoms with Gasteiger partial charge in [0.1, 0.15) is 11.6 Å². The van der Waals surface area contributed by atoms with Crippen molar-refractivity contribution in [3.8, 4) is 5.75 Å². The van der Waals surface area contributed by atoms with Crippen molar-refractivity contribution in [1.82, 2.24) is 9.88 Å². The zero-order valence-electron chi connectivity index (χ0n) is 11.7. The van der Waals surface area contributed by atoms with E-state index in [1.807, 2.05) is 13.0 Å². The number of aromatic hydroxyl groups is 1. The fraction of sp³-hybridized carbons (Fsp3) is 0.200. The molecule has 1 heterocycles. The van der Waals surface area contributed by atoms with Crippen molar-refractivity contribution in [3.05, 3.63) is 52.7 Å². The minimum absolute atomic E-state index is 0.151. The number of phenols is 1. The van der Waals surface area contributed by atoms with Crippen LogP contribution in [0.1, 0.15) is 28.9 Å². The predicted molar refractivity (Wildman–Crippen MR) is 82.3 cm³/mol. The average Bonchev–Trinajstić information content (AvgIpc) is 2.48. The molecule has 110 valence electrons. The molecule has 0 saturated heterocycles. The Balaban J connectivity index is 2.26. The van der Waals surface area contributed by atoms with Gasteiger partial charge in [-0.3, -0.25) is 4.79 Å². The highest BCUT2D eigenvalue weighted by molar-refractivity contribution is 6.33. The van der Waals surface area contributed by atoms with E-state index < -0.39 is 0 Å². The van der Waals surface area contributed by atoms with Gasteiger partial charge in [0.05, 0.1) is 16.6 Å². The number of carbonyl (C=O) groups excluding carboxylic acids is 1. The van der Waals surface area contributed by atoms with Crippen molar-refractivity contribution in [2.24, 2.45) is 0 Å². The van der Waals surface area contributed by atoms with E-state index in [1.54, 1.807) is 25.2 Å². The molecule has 2 aromatic rings. The normalized spacial score (nSPS) is 12.0. The van der Waals surface area contributed by atoms with E-state index in [0.29, 0.717) is 11.1 Å². The standard InChI is InChI=1S/C15H16ClN3O2/c1-9(11-5-3-4-6-13(11)20)19(2)15(21)10-7-12(16)14(17)18-8-10/h3-9,20H,1-2H3,(H2,17,18). The number of hydrogen-bond donors (Lipinski definition) is 2. The minimum atomic E-state index is -0.296. The van der Waals surface area contributed by atoms with E-state index in [0.717, 1.165) is 0 Å². The Morgan fingerprint density at radius 2 is 2.10 bits per heavy atom. The SMILES string of the molecule is CC(c1ccccc1O)N(C)C(=O)c1cnc(N)c(Cl)c1. The smallest absolute Gasteiger partial charge is 0.255 e. The van der Waals surface area contributed by atoms with Crippen LogP contribution in [-0.4, -0.2) is 27.9 Å². The maximum Gasteiger partial charge on any atom is 0.255 e. The molecular formula is C15H16ClN3O2. The molecule has 6 heteroatoms. The highest BCUT2D eigenvalue weighted by Crippen LogP contribution is 2.28. The Kier molecular flexibility index (Phi) is 4.33. The van der Waals surface area contributed by atoms with Gasteiger partial charge in [0.15, 0.2) is 0 Å². The molecule has 0 fully saturated rings. The summed E-state index contributed by atoms with van der Waals surface area (Å²) in [6.07, 6.45) is 1.39. The van der Waals surface area contributed by atoms with Crippen LogP contribution >= 0.6 is 11.6 Å². The Labute approximate surface area is 128 Å². The second kappa shape index (κ2) is 6.01. The Bertz CT molecular complexity index is 676. The summed E-state index contributed by atoms with van der Waals surface area (Å²) in [5.74, 6) is 0.0860. The van der Waals surface area contributed by atoms with Crippen LogP contribution in [-0.2, 0) is 0 Å². The third-order valence-corrected chi connectivity index (χ3v) is 3.71. The van der Waals surface area contributed by atoms with Gasteiger partial charge in [-0.05, 0) is 19.1 Å². The fourth-order valence-electron chi connectivity index (χ4n) is 1.99. The second-order valence-electron chi connectivity index (χ2n) is 4.74. The number of rotatable bonds is 3. The molecule has 1 amide bonds. The van der Waals surface area contributed by atoms with Crippen molar-refractivity contribution >= 4 is 23.3 Å². The van der Waals surface area contributed by atoms with Gasteiger partial charge in [-0.1, -0.05) is 29.8 Å². The lowest BCUT2D eigenvalue weighted by molar-refractivity contribution is 0.0741. The molecule has 5 nitrogen and oxygen atoms in total. The van der Waals surface area contributed by atoms with E-state index in [1.165, 1.54) is 17.2 Å². The van der Waals surface area contributed by atoms with Crippen LogP contribution in [0.3, 0.4) is 0 Å². The Hall–Kier alpha value is -2.27. The summed E-state index contributed by atoms with van der Waals surface area (Å²) in [4.78, 5) is 17.8. The third-order valence-electron chi connectivity index (χ3n) is 3.40. The topological polar surface area (TPSA) is 79.5 Å². The molecule has 1 unspecified atom stereocenters. The van der Waals surface area contributed by atoms with E-state index in [-0.39, 0.29) is 28.5 Å². The van der Waals surface area contributed by atoms with Crippen molar-refractivity contribution in [1.29, 1.82) is 0 Å². The number of benzene rings is 1. The lowest BCUT2D eigenvalue weighted by atomic mass is 10.1.